The number of carbonyl (C=O) groups excluding carboxylic acids is 1. The van der Waals surface area contributed by atoms with Crippen LogP contribution in [0, 0.1) is 29.8 Å². The first-order valence-corrected chi connectivity index (χ1v) is 11.1. The minimum Gasteiger partial charge on any atom is -0.496 e. The standard InChI is InChI=1S/C27H28O4/c1-29-24-14-25(30-2)23(27-15-18-10-19(16-27)12-20(11-18)17-27)13-22(24)8-9-31-26(28)21-6-4-3-5-7-21/h3-7,13-14,18-20H,10-12,15-17H2,1-2H3. The lowest BCUT2D eigenvalue weighted by Crippen LogP contribution is -2.48. The third kappa shape index (κ3) is 3.67. The Bertz CT molecular complexity index is 1010. The Hall–Kier alpha value is -2.93. The van der Waals surface area contributed by atoms with Crippen molar-refractivity contribution < 1.29 is 19.0 Å². The molecule has 2 aromatic rings. The molecule has 0 saturated heterocycles. The lowest BCUT2D eigenvalue weighted by molar-refractivity contribution is -0.00619. The minimum atomic E-state index is -0.457. The van der Waals surface area contributed by atoms with Gasteiger partial charge in [0.1, 0.15) is 17.6 Å². The predicted octanol–water partition coefficient (Wildman–Crippen LogP) is 5.34. The van der Waals surface area contributed by atoms with E-state index in [1.165, 1.54) is 44.1 Å². The Balaban J connectivity index is 1.47. The van der Waals surface area contributed by atoms with Crippen LogP contribution in [0.3, 0.4) is 0 Å². The number of carbonyl (C=O) groups is 1. The lowest BCUT2D eigenvalue weighted by atomic mass is 9.48. The zero-order valence-electron chi connectivity index (χ0n) is 18.1. The normalized spacial score (nSPS) is 27.9. The molecule has 4 aliphatic carbocycles. The first-order valence-electron chi connectivity index (χ1n) is 11.1. The number of methoxy groups -OCH3 is 2. The van der Waals surface area contributed by atoms with Gasteiger partial charge in [0.2, 0.25) is 0 Å². The summed E-state index contributed by atoms with van der Waals surface area (Å²) < 4.78 is 16.6. The number of hydrogen-bond acceptors (Lipinski definition) is 4. The fraction of sp³-hybridized carbons (Fsp3) is 0.444. The molecule has 4 fully saturated rings. The molecule has 0 unspecified atom stereocenters. The average molecular weight is 417 g/mol. The largest absolute Gasteiger partial charge is 0.496 e. The molecule has 0 aliphatic heterocycles. The molecule has 0 atom stereocenters. The molecular formula is C27H28O4. The molecule has 0 heterocycles. The summed E-state index contributed by atoms with van der Waals surface area (Å²) in [7, 11) is 3.35. The number of rotatable bonds is 4. The highest BCUT2D eigenvalue weighted by Crippen LogP contribution is 2.62. The Morgan fingerprint density at radius 3 is 2.10 bits per heavy atom. The van der Waals surface area contributed by atoms with Crippen molar-refractivity contribution in [3.8, 4) is 23.5 Å². The van der Waals surface area contributed by atoms with Gasteiger partial charge in [-0.05, 0) is 85.8 Å². The van der Waals surface area contributed by atoms with Gasteiger partial charge in [-0.3, -0.25) is 0 Å². The molecule has 4 bridgehead atoms. The molecule has 0 radical (unpaired) electrons. The number of benzene rings is 2. The maximum Gasteiger partial charge on any atom is 0.352 e. The van der Waals surface area contributed by atoms with Gasteiger partial charge in [0.25, 0.3) is 0 Å². The maximum atomic E-state index is 12.2. The molecule has 4 nitrogen and oxygen atoms in total. The number of esters is 1. The summed E-state index contributed by atoms with van der Waals surface area (Å²) in [6.45, 7) is 0. The maximum absolute atomic E-state index is 12.2. The first-order chi connectivity index (χ1) is 15.1. The summed E-state index contributed by atoms with van der Waals surface area (Å²) in [4.78, 5) is 12.2. The van der Waals surface area contributed by atoms with Crippen LogP contribution in [0.2, 0.25) is 0 Å². The molecule has 4 aliphatic rings. The average Bonchev–Trinajstić information content (AvgIpc) is 2.78. The van der Waals surface area contributed by atoms with Crippen molar-refractivity contribution in [3.63, 3.8) is 0 Å². The molecule has 160 valence electrons. The van der Waals surface area contributed by atoms with Crippen LogP contribution in [0.25, 0.3) is 0 Å². The van der Waals surface area contributed by atoms with Crippen LogP contribution in [-0.2, 0) is 10.2 Å². The zero-order valence-corrected chi connectivity index (χ0v) is 18.1. The second-order valence-corrected chi connectivity index (χ2v) is 9.43. The van der Waals surface area contributed by atoms with Crippen molar-refractivity contribution in [1.82, 2.24) is 0 Å². The van der Waals surface area contributed by atoms with E-state index in [0.29, 0.717) is 11.3 Å². The van der Waals surface area contributed by atoms with Crippen LogP contribution in [0.1, 0.15) is 60.0 Å². The highest BCUT2D eigenvalue weighted by molar-refractivity contribution is 5.90. The Morgan fingerprint density at radius 1 is 0.903 bits per heavy atom. The summed E-state index contributed by atoms with van der Waals surface area (Å²) in [6.07, 6.45) is 10.5. The molecule has 0 amide bonds. The highest BCUT2D eigenvalue weighted by Gasteiger charge is 2.52. The van der Waals surface area contributed by atoms with Gasteiger partial charge >= 0.3 is 5.97 Å². The van der Waals surface area contributed by atoms with Crippen LogP contribution in [0.5, 0.6) is 11.5 Å². The predicted molar refractivity (Wildman–Crippen MR) is 118 cm³/mol. The van der Waals surface area contributed by atoms with E-state index in [2.05, 4.69) is 18.1 Å². The van der Waals surface area contributed by atoms with Gasteiger partial charge in [-0.25, -0.2) is 4.79 Å². The molecule has 0 aromatic heterocycles. The molecule has 2 aromatic carbocycles. The quantitative estimate of drug-likeness (QED) is 0.499. The Kier molecular flexibility index (Phi) is 5.14. The van der Waals surface area contributed by atoms with Crippen LogP contribution < -0.4 is 9.47 Å². The lowest BCUT2D eigenvalue weighted by Gasteiger charge is -2.57. The molecular weight excluding hydrogens is 388 g/mol. The Morgan fingerprint density at radius 2 is 1.52 bits per heavy atom. The molecule has 4 heteroatoms. The van der Waals surface area contributed by atoms with Crippen molar-refractivity contribution in [2.24, 2.45) is 17.8 Å². The topological polar surface area (TPSA) is 44.8 Å². The van der Waals surface area contributed by atoms with Gasteiger partial charge in [0.15, 0.2) is 0 Å². The molecule has 0 N–H and O–H groups in total. The van der Waals surface area contributed by atoms with E-state index in [9.17, 15) is 4.79 Å². The zero-order chi connectivity index (χ0) is 21.4. The van der Waals surface area contributed by atoms with Crippen molar-refractivity contribution in [3.05, 3.63) is 59.2 Å². The summed E-state index contributed by atoms with van der Waals surface area (Å²) in [5, 5.41) is 0. The molecule has 6 rings (SSSR count). The van der Waals surface area contributed by atoms with Crippen LogP contribution in [-0.4, -0.2) is 20.2 Å². The third-order valence-electron chi connectivity index (χ3n) is 7.47. The monoisotopic (exact) mass is 416 g/mol. The van der Waals surface area contributed by atoms with Crippen molar-refractivity contribution >= 4 is 5.97 Å². The minimum absolute atomic E-state index is 0.170. The van der Waals surface area contributed by atoms with Gasteiger partial charge in [-0.15, -0.1) is 0 Å². The summed E-state index contributed by atoms with van der Waals surface area (Å²) in [5.41, 5.74) is 2.63. The van der Waals surface area contributed by atoms with E-state index in [0.717, 1.165) is 29.1 Å². The van der Waals surface area contributed by atoms with E-state index in [-0.39, 0.29) is 5.41 Å². The van der Waals surface area contributed by atoms with Crippen molar-refractivity contribution in [1.29, 1.82) is 0 Å². The van der Waals surface area contributed by atoms with Gasteiger partial charge < -0.3 is 14.2 Å². The molecule has 4 saturated carbocycles. The third-order valence-corrected chi connectivity index (χ3v) is 7.47. The molecule has 31 heavy (non-hydrogen) atoms. The van der Waals surface area contributed by atoms with E-state index < -0.39 is 5.97 Å². The fourth-order valence-electron chi connectivity index (χ4n) is 6.61. The van der Waals surface area contributed by atoms with E-state index in [1.807, 2.05) is 12.1 Å². The van der Waals surface area contributed by atoms with Gasteiger partial charge in [-0.1, -0.05) is 18.2 Å². The second kappa shape index (κ2) is 7.96. The highest BCUT2D eigenvalue weighted by atomic mass is 16.5. The Labute approximate surface area is 183 Å². The van der Waals surface area contributed by atoms with Crippen LogP contribution in [0.4, 0.5) is 0 Å². The molecule has 0 spiro atoms. The SMILES string of the molecule is COc1cc(OC)c(C23CC4CC(CC(C4)C2)C3)cc1C#COC(=O)c1ccccc1. The van der Waals surface area contributed by atoms with Crippen LogP contribution in [0.15, 0.2) is 42.5 Å². The second-order valence-electron chi connectivity index (χ2n) is 9.43. The summed E-state index contributed by atoms with van der Waals surface area (Å²) in [6, 6.07) is 12.9. The van der Waals surface area contributed by atoms with Gasteiger partial charge in [-0.2, -0.15) is 0 Å². The van der Waals surface area contributed by atoms with E-state index in [4.69, 9.17) is 14.2 Å². The summed E-state index contributed by atoms with van der Waals surface area (Å²) >= 11 is 0. The van der Waals surface area contributed by atoms with Gasteiger partial charge in [0, 0.05) is 11.6 Å². The van der Waals surface area contributed by atoms with Crippen molar-refractivity contribution in [2.45, 2.75) is 43.9 Å². The van der Waals surface area contributed by atoms with E-state index in [1.54, 1.807) is 38.5 Å². The van der Waals surface area contributed by atoms with Gasteiger partial charge in [0.05, 0.1) is 25.3 Å². The first kappa shape index (κ1) is 20.0. The smallest absolute Gasteiger partial charge is 0.352 e. The summed E-state index contributed by atoms with van der Waals surface area (Å²) in [5.74, 6) is 6.57. The fourth-order valence-corrected chi connectivity index (χ4v) is 6.61. The number of ether oxygens (including phenoxy) is 3. The van der Waals surface area contributed by atoms with Crippen LogP contribution >= 0.6 is 0 Å². The van der Waals surface area contributed by atoms with Crippen molar-refractivity contribution in [2.75, 3.05) is 14.2 Å². The number of hydrogen-bond donors (Lipinski definition) is 0. The van der Waals surface area contributed by atoms with E-state index >= 15 is 0 Å².